The zero-order valence-electron chi connectivity index (χ0n) is 2.96. The van der Waals surface area contributed by atoms with Gasteiger partial charge in [-0.05, 0) is 0 Å². The van der Waals surface area contributed by atoms with Crippen LogP contribution in [-0.2, 0) is 42.7 Å². The molecule has 0 saturated carbocycles. The Kier molecular flexibility index (Phi) is 6.43. The molecule has 0 aromatic heterocycles. The van der Waals surface area contributed by atoms with Crippen LogP contribution in [0.5, 0.6) is 0 Å². The van der Waals surface area contributed by atoms with Crippen LogP contribution in [0, 0.1) is 0 Å². The van der Waals surface area contributed by atoms with Crippen molar-refractivity contribution in [2.24, 2.45) is 0 Å². The van der Waals surface area contributed by atoms with Crippen LogP contribution in [0.2, 0.25) is 0 Å². The van der Waals surface area contributed by atoms with E-state index in [0.717, 1.165) is 0 Å². The summed E-state index contributed by atoms with van der Waals surface area (Å²) < 4.78 is 0.361. The maximum atomic E-state index is 7.82. The molecular formula is CH2CuNO2S2. The van der Waals surface area contributed by atoms with Crippen molar-refractivity contribution in [2.75, 3.05) is 0 Å². The van der Waals surface area contributed by atoms with Crippen molar-refractivity contribution in [3.63, 3.8) is 0 Å². The van der Waals surface area contributed by atoms with Gasteiger partial charge in [-0.25, -0.2) is 0 Å². The Balaban J connectivity index is 0. The molecule has 3 nitrogen and oxygen atoms in total. The Morgan fingerprint density at radius 1 is 1.29 bits per heavy atom. The second kappa shape index (κ2) is 4.39. The molecule has 0 aliphatic heterocycles. The molecule has 0 unspecified atom stereocenters. The van der Waals surface area contributed by atoms with Gasteiger partial charge in [-0.1, -0.05) is 0 Å². The van der Waals surface area contributed by atoms with Gasteiger partial charge in [0.05, 0.1) is 0 Å². The molecule has 0 aromatic carbocycles. The van der Waals surface area contributed by atoms with E-state index in [2.05, 4.69) is 25.6 Å². The molecule has 0 aliphatic rings. The van der Waals surface area contributed by atoms with E-state index in [0.29, 0.717) is 3.39 Å². The summed E-state index contributed by atoms with van der Waals surface area (Å²) in [5, 5.41) is 15.6. The van der Waals surface area contributed by atoms with E-state index < -0.39 is 6.08 Å². The third-order valence-electron chi connectivity index (χ3n) is 0.163. The zero-order chi connectivity index (χ0) is 5.15. The van der Waals surface area contributed by atoms with Crippen molar-refractivity contribution >= 4 is 31.7 Å². The number of aliphatic hydroxyl groups is 2. The maximum Gasteiger partial charge on any atom is 1.00 e. The van der Waals surface area contributed by atoms with Gasteiger partial charge in [-0.2, -0.15) is 0 Å². The van der Waals surface area contributed by atoms with Crippen LogP contribution >= 0.6 is 0 Å². The van der Waals surface area contributed by atoms with E-state index in [4.69, 9.17) is 10.2 Å². The summed E-state index contributed by atoms with van der Waals surface area (Å²) in [7, 11) is 0. The second-order valence-corrected chi connectivity index (χ2v) is 1.52. The normalized spacial score (nSPS) is 6.29. The SMILES string of the molecule is OC(O)=[N+]([S-])[S-].[Cu+]. The first kappa shape index (κ1) is 10.3. The number of nitrogens with zero attached hydrogens (tertiary/aromatic N) is 1. The molecule has 46 valence electrons. The number of rotatable bonds is 0. The van der Waals surface area contributed by atoms with Crippen LogP contribution < -0.4 is 0 Å². The molecule has 0 heterocycles. The largest absolute Gasteiger partial charge is 1.00 e. The van der Waals surface area contributed by atoms with E-state index in [-0.39, 0.29) is 17.1 Å². The molecule has 0 saturated heterocycles. The quantitative estimate of drug-likeness (QED) is 0.175. The summed E-state index contributed by atoms with van der Waals surface area (Å²) in [5.41, 5.74) is 0. The molecule has 7 heavy (non-hydrogen) atoms. The average Bonchev–Trinajstić information content (AvgIpc) is 1.36. The molecule has 2 N–H and O–H groups in total. The third-order valence-corrected chi connectivity index (χ3v) is 0.490. The summed E-state index contributed by atoms with van der Waals surface area (Å²) in [5.74, 6) is 0. The van der Waals surface area contributed by atoms with Crippen LogP contribution in [0.4, 0.5) is 0 Å². The van der Waals surface area contributed by atoms with Gasteiger partial charge in [0.15, 0.2) is 0 Å². The molecule has 0 aliphatic carbocycles. The molecule has 0 amide bonds. The van der Waals surface area contributed by atoms with Gasteiger partial charge in [-0.3, -0.25) is 0 Å². The summed E-state index contributed by atoms with van der Waals surface area (Å²) in [6.45, 7) is 0. The standard InChI is InChI=1S/CH2NO2S2.Cu/c3-1(4)2(5)6;/h(H2-,3,4,5,6);/q-1;+1. The van der Waals surface area contributed by atoms with Gasteiger partial charge in [-0.15, -0.1) is 0 Å². The zero-order valence-corrected chi connectivity index (χ0v) is 5.53. The van der Waals surface area contributed by atoms with Crippen LogP contribution in [0.3, 0.4) is 0 Å². The van der Waals surface area contributed by atoms with Gasteiger partial charge >= 0.3 is 23.2 Å². The van der Waals surface area contributed by atoms with Crippen molar-refractivity contribution in [3.8, 4) is 0 Å². The molecule has 0 atom stereocenters. The first-order valence-corrected chi connectivity index (χ1v) is 1.77. The van der Waals surface area contributed by atoms with E-state index in [9.17, 15) is 0 Å². The van der Waals surface area contributed by atoms with E-state index >= 15 is 0 Å². The molecule has 0 spiro atoms. The monoisotopic (exact) mass is 187 g/mol. The number of hydrogen-bond donors (Lipinski definition) is 2. The summed E-state index contributed by atoms with van der Waals surface area (Å²) >= 11 is 8.03. The van der Waals surface area contributed by atoms with E-state index in [1.807, 2.05) is 0 Å². The Morgan fingerprint density at radius 2 is 1.43 bits per heavy atom. The molecular weight excluding hydrogens is 186 g/mol. The van der Waals surface area contributed by atoms with Crippen molar-refractivity contribution in [1.82, 2.24) is 0 Å². The van der Waals surface area contributed by atoms with Crippen LogP contribution in [0.25, 0.3) is 0 Å². The van der Waals surface area contributed by atoms with E-state index in [1.165, 1.54) is 0 Å². The summed E-state index contributed by atoms with van der Waals surface area (Å²) in [4.78, 5) is 0. The number of aliphatic hydroxyl groups excluding tert-OH is 1. The minimum Gasteiger partial charge on any atom is -0.446 e. The topological polar surface area (TPSA) is 43.5 Å². The molecule has 6 heteroatoms. The molecule has 0 fully saturated rings. The third kappa shape index (κ3) is 6.23. The molecule has 0 rings (SSSR count). The van der Waals surface area contributed by atoms with Crippen molar-refractivity contribution in [2.45, 2.75) is 0 Å². The fourth-order valence-electron chi connectivity index (χ4n) is 0. The molecule has 0 radical (unpaired) electrons. The van der Waals surface area contributed by atoms with E-state index in [1.54, 1.807) is 0 Å². The van der Waals surface area contributed by atoms with Gasteiger partial charge < -0.3 is 39.2 Å². The minimum absolute atomic E-state index is 0. The fraction of sp³-hybridized carbons (Fsp3) is 0. The minimum atomic E-state index is -1.03. The maximum absolute atomic E-state index is 7.82. The van der Waals surface area contributed by atoms with Gasteiger partial charge in [0, 0.05) is 0 Å². The first-order chi connectivity index (χ1) is 2.64. The van der Waals surface area contributed by atoms with Crippen LogP contribution in [0.15, 0.2) is 0 Å². The molecule has 0 bridgehead atoms. The number of hydrogen-bond acceptors (Lipinski definition) is 2. The van der Waals surface area contributed by atoms with Crippen LogP contribution in [0.1, 0.15) is 0 Å². The van der Waals surface area contributed by atoms with Gasteiger partial charge in [0.25, 0.3) is 0 Å². The predicted octanol–water partition coefficient (Wildman–Crippen LogP) is -0.608. The van der Waals surface area contributed by atoms with Crippen molar-refractivity contribution < 1.29 is 30.7 Å². The van der Waals surface area contributed by atoms with Crippen molar-refractivity contribution in [3.05, 3.63) is 0 Å². The Hall–Kier alpha value is 0.229. The predicted molar refractivity (Wildman–Crippen MR) is 25.3 cm³/mol. The van der Waals surface area contributed by atoms with Gasteiger partial charge in [0.1, 0.15) is 0 Å². The Bertz CT molecular complexity index is 65.8. The van der Waals surface area contributed by atoms with Gasteiger partial charge in [0.2, 0.25) is 0 Å². The smallest absolute Gasteiger partial charge is 0.446 e. The Morgan fingerprint density at radius 3 is 1.43 bits per heavy atom. The summed E-state index contributed by atoms with van der Waals surface area (Å²) in [6, 6.07) is 0. The molecule has 0 aromatic rings. The fourth-order valence-corrected chi connectivity index (χ4v) is 0. The van der Waals surface area contributed by atoms with Crippen molar-refractivity contribution in [1.29, 1.82) is 0 Å². The Labute approximate surface area is 62.6 Å². The first-order valence-electron chi connectivity index (χ1n) is 1.04. The van der Waals surface area contributed by atoms with Crippen LogP contribution in [-0.4, -0.2) is 19.7 Å². The average molecular weight is 188 g/mol. The second-order valence-electron chi connectivity index (χ2n) is 0.557. The summed E-state index contributed by atoms with van der Waals surface area (Å²) in [6.07, 6.45) is -1.03.